The van der Waals surface area contributed by atoms with Crippen LogP contribution in [0.4, 0.5) is 0 Å². The molecule has 3 nitrogen and oxygen atoms in total. The van der Waals surface area contributed by atoms with Gasteiger partial charge in [-0.15, -0.1) is 0 Å². The van der Waals surface area contributed by atoms with Crippen molar-refractivity contribution < 1.29 is 4.74 Å². The van der Waals surface area contributed by atoms with Crippen LogP contribution >= 0.6 is 0 Å². The van der Waals surface area contributed by atoms with Gasteiger partial charge in [0.2, 0.25) is 0 Å². The Morgan fingerprint density at radius 1 is 1.26 bits per heavy atom. The first kappa shape index (κ1) is 15.5. The molecule has 1 N–H and O–H groups in total. The van der Waals surface area contributed by atoms with Gasteiger partial charge in [0.15, 0.2) is 0 Å². The van der Waals surface area contributed by atoms with Crippen molar-refractivity contribution in [3.63, 3.8) is 0 Å². The molecular weight excluding hydrogens is 236 g/mol. The summed E-state index contributed by atoms with van der Waals surface area (Å²) in [7, 11) is 0. The molecule has 1 atom stereocenters. The fraction of sp³-hybridized carbons (Fsp3) is 0.562. The van der Waals surface area contributed by atoms with E-state index < -0.39 is 5.54 Å². The van der Waals surface area contributed by atoms with E-state index in [0.29, 0.717) is 6.61 Å². The van der Waals surface area contributed by atoms with Gasteiger partial charge in [-0.3, -0.25) is 5.32 Å². The molecule has 19 heavy (non-hydrogen) atoms. The highest BCUT2D eigenvalue weighted by atomic mass is 16.5. The second kappa shape index (κ2) is 7.81. The fourth-order valence-electron chi connectivity index (χ4n) is 1.98. The molecule has 0 saturated heterocycles. The van der Waals surface area contributed by atoms with Crippen molar-refractivity contribution >= 4 is 0 Å². The van der Waals surface area contributed by atoms with Crippen molar-refractivity contribution in [1.82, 2.24) is 5.32 Å². The summed E-state index contributed by atoms with van der Waals surface area (Å²) in [5, 5.41) is 12.4. The summed E-state index contributed by atoms with van der Waals surface area (Å²) in [4.78, 5) is 0. The van der Waals surface area contributed by atoms with E-state index in [-0.39, 0.29) is 0 Å². The van der Waals surface area contributed by atoms with Crippen LogP contribution in [-0.4, -0.2) is 18.7 Å². The zero-order valence-electron chi connectivity index (χ0n) is 12.2. The number of rotatable bonds is 8. The molecule has 104 valence electrons. The number of hydrogen-bond acceptors (Lipinski definition) is 3. The van der Waals surface area contributed by atoms with Gasteiger partial charge in [0, 0.05) is 0 Å². The Morgan fingerprint density at radius 3 is 2.53 bits per heavy atom. The van der Waals surface area contributed by atoms with Crippen molar-refractivity contribution in [1.29, 1.82) is 5.26 Å². The molecular formula is C16H24N2O. The van der Waals surface area contributed by atoms with Gasteiger partial charge in [-0.1, -0.05) is 24.6 Å². The van der Waals surface area contributed by atoms with Gasteiger partial charge in [-0.05, 0) is 51.8 Å². The van der Waals surface area contributed by atoms with E-state index >= 15 is 0 Å². The minimum Gasteiger partial charge on any atom is -0.494 e. The number of hydrogen-bond donors (Lipinski definition) is 1. The van der Waals surface area contributed by atoms with E-state index in [1.807, 2.05) is 38.1 Å². The number of aryl methyl sites for hydroxylation is 1. The van der Waals surface area contributed by atoms with Crippen LogP contribution in [0.15, 0.2) is 24.3 Å². The van der Waals surface area contributed by atoms with E-state index in [4.69, 9.17) is 10.00 Å². The molecule has 0 amide bonds. The van der Waals surface area contributed by atoms with E-state index in [1.54, 1.807) is 0 Å². The van der Waals surface area contributed by atoms with E-state index in [0.717, 1.165) is 31.6 Å². The fourth-order valence-corrected chi connectivity index (χ4v) is 1.98. The normalized spacial score (nSPS) is 13.6. The highest BCUT2D eigenvalue weighted by Crippen LogP contribution is 2.15. The molecule has 0 aliphatic heterocycles. The third-order valence-corrected chi connectivity index (χ3v) is 3.17. The van der Waals surface area contributed by atoms with Crippen LogP contribution in [-0.2, 0) is 0 Å². The molecule has 0 aliphatic carbocycles. The van der Waals surface area contributed by atoms with Crippen molar-refractivity contribution in [2.24, 2.45) is 0 Å². The minimum absolute atomic E-state index is 0.404. The van der Waals surface area contributed by atoms with E-state index in [9.17, 15) is 0 Å². The van der Waals surface area contributed by atoms with Crippen molar-refractivity contribution in [2.45, 2.75) is 45.6 Å². The number of benzene rings is 1. The lowest BCUT2D eigenvalue weighted by Crippen LogP contribution is -2.40. The summed E-state index contributed by atoms with van der Waals surface area (Å²) in [5.74, 6) is 0.917. The maximum absolute atomic E-state index is 9.13. The van der Waals surface area contributed by atoms with Gasteiger partial charge in [0.1, 0.15) is 11.3 Å². The lowest BCUT2D eigenvalue weighted by molar-refractivity contribution is 0.296. The molecule has 1 aromatic rings. The van der Waals surface area contributed by atoms with Crippen LogP contribution in [0.2, 0.25) is 0 Å². The van der Waals surface area contributed by atoms with Gasteiger partial charge in [-0.25, -0.2) is 0 Å². The first-order valence-electron chi connectivity index (χ1n) is 6.95. The van der Waals surface area contributed by atoms with Gasteiger partial charge in [-0.2, -0.15) is 5.26 Å². The largest absolute Gasteiger partial charge is 0.494 e. The molecule has 1 rings (SSSR count). The highest BCUT2D eigenvalue weighted by Gasteiger charge is 2.20. The van der Waals surface area contributed by atoms with Gasteiger partial charge >= 0.3 is 0 Å². The third-order valence-electron chi connectivity index (χ3n) is 3.17. The highest BCUT2D eigenvalue weighted by molar-refractivity contribution is 5.26. The molecule has 0 aliphatic rings. The Morgan fingerprint density at radius 2 is 1.95 bits per heavy atom. The molecule has 0 heterocycles. The Kier molecular flexibility index (Phi) is 6.38. The monoisotopic (exact) mass is 260 g/mol. The Labute approximate surface area is 116 Å². The van der Waals surface area contributed by atoms with Crippen LogP contribution in [0.5, 0.6) is 5.75 Å². The second-order valence-corrected chi connectivity index (χ2v) is 5.09. The van der Waals surface area contributed by atoms with Crippen molar-refractivity contribution in [3.8, 4) is 11.8 Å². The molecule has 0 fully saturated rings. The van der Waals surface area contributed by atoms with Crippen molar-refractivity contribution in [3.05, 3.63) is 29.8 Å². The lowest BCUT2D eigenvalue weighted by Gasteiger charge is -2.22. The molecule has 0 spiro atoms. The van der Waals surface area contributed by atoms with E-state index in [1.165, 1.54) is 5.56 Å². The molecule has 0 saturated carbocycles. The average Bonchev–Trinajstić information content (AvgIpc) is 2.41. The van der Waals surface area contributed by atoms with Crippen molar-refractivity contribution in [2.75, 3.05) is 13.2 Å². The zero-order valence-corrected chi connectivity index (χ0v) is 12.2. The summed E-state index contributed by atoms with van der Waals surface area (Å²) in [6.45, 7) is 7.57. The number of nitriles is 1. The summed E-state index contributed by atoms with van der Waals surface area (Å²) in [5.41, 5.74) is 0.835. The predicted molar refractivity (Wildman–Crippen MR) is 78.2 cm³/mol. The molecule has 0 bridgehead atoms. The number of ether oxygens (including phenoxy) is 1. The van der Waals surface area contributed by atoms with Crippen LogP contribution in [0, 0.1) is 18.3 Å². The minimum atomic E-state index is -0.404. The maximum atomic E-state index is 9.13. The molecule has 0 radical (unpaired) electrons. The third kappa shape index (κ3) is 5.76. The van der Waals surface area contributed by atoms with Crippen LogP contribution in [0.25, 0.3) is 0 Å². The quantitative estimate of drug-likeness (QED) is 0.728. The Balaban J connectivity index is 2.21. The molecule has 1 unspecified atom stereocenters. The Bertz CT molecular complexity index is 408. The summed E-state index contributed by atoms with van der Waals surface area (Å²) in [6.07, 6.45) is 2.81. The lowest BCUT2D eigenvalue weighted by atomic mass is 9.97. The number of nitrogens with one attached hydrogen (secondary N) is 1. The topological polar surface area (TPSA) is 45.0 Å². The second-order valence-electron chi connectivity index (χ2n) is 5.09. The number of unbranched alkanes of at least 4 members (excludes halogenated alkanes) is 1. The van der Waals surface area contributed by atoms with Gasteiger partial charge < -0.3 is 4.74 Å². The van der Waals surface area contributed by atoms with Gasteiger partial charge in [0.25, 0.3) is 0 Å². The summed E-state index contributed by atoms with van der Waals surface area (Å²) < 4.78 is 5.67. The maximum Gasteiger partial charge on any atom is 0.119 e. The SMILES string of the molecule is CCNC(C)(C#N)CCCCOc1ccc(C)cc1. The first-order valence-corrected chi connectivity index (χ1v) is 6.95. The number of nitrogens with zero attached hydrogens (tertiary/aromatic N) is 1. The van der Waals surface area contributed by atoms with Gasteiger partial charge in [0.05, 0.1) is 12.7 Å². The summed E-state index contributed by atoms with van der Waals surface area (Å²) >= 11 is 0. The first-order chi connectivity index (χ1) is 9.09. The smallest absolute Gasteiger partial charge is 0.119 e. The molecule has 3 heteroatoms. The molecule has 1 aromatic carbocycles. The predicted octanol–water partition coefficient (Wildman–Crippen LogP) is 3.44. The van der Waals surface area contributed by atoms with Crippen LogP contribution < -0.4 is 10.1 Å². The summed E-state index contributed by atoms with van der Waals surface area (Å²) in [6, 6.07) is 10.4. The Hall–Kier alpha value is -1.53. The van der Waals surface area contributed by atoms with Crippen LogP contribution in [0.3, 0.4) is 0 Å². The zero-order chi connectivity index (χ0) is 14.1. The van der Waals surface area contributed by atoms with E-state index in [2.05, 4.69) is 18.3 Å². The average molecular weight is 260 g/mol. The van der Waals surface area contributed by atoms with Crippen LogP contribution in [0.1, 0.15) is 38.7 Å². The molecule has 0 aromatic heterocycles. The standard InChI is InChI=1S/C16H24N2O/c1-4-18-16(3,13-17)11-5-6-12-19-15-9-7-14(2)8-10-15/h7-10,18H,4-6,11-12H2,1-3H3.